The molecule has 1 aliphatic rings. The summed E-state index contributed by atoms with van der Waals surface area (Å²) in [7, 11) is 0. The minimum atomic E-state index is -0.425. The van der Waals surface area contributed by atoms with Crippen molar-refractivity contribution in [2.45, 2.75) is 58.5 Å². The number of thiazole rings is 1. The maximum atomic E-state index is 12.1. The summed E-state index contributed by atoms with van der Waals surface area (Å²) in [6.07, 6.45) is 4.85. The van der Waals surface area contributed by atoms with Crippen LogP contribution in [0, 0.1) is 0 Å². The summed E-state index contributed by atoms with van der Waals surface area (Å²) in [5.41, 5.74) is -0.425. The number of nitrogens with zero attached hydrogens (tertiary/aromatic N) is 2. The summed E-state index contributed by atoms with van der Waals surface area (Å²) < 4.78 is 5.43. The van der Waals surface area contributed by atoms with Crippen LogP contribution < -0.4 is 5.32 Å². The van der Waals surface area contributed by atoms with Gasteiger partial charge in [0.15, 0.2) is 5.13 Å². The van der Waals surface area contributed by atoms with Gasteiger partial charge in [-0.1, -0.05) is 6.92 Å². The average molecular weight is 325 g/mol. The molecular formula is C16H27N3O2S. The summed E-state index contributed by atoms with van der Waals surface area (Å²) in [5.74, 6) is 0.508. The van der Waals surface area contributed by atoms with Gasteiger partial charge >= 0.3 is 6.09 Å². The average Bonchev–Trinajstić information content (AvgIpc) is 2.92. The van der Waals surface area contributed by atoms with Gasteiger partial charge in [-0.15, -0.1) is 11.3 Å². The van der Waals surface area contributed by atoms with Gasteiger partial charge in [0.25, 0.3) is 0 Å². The largest absolute Gasteiger partial charge is 0.444 e. The van der Waals surface area contributed by atoms with Crippen LogP contribution in [0.4, 0.5) is 9.93 Å². The molecule has 2 heterocycles. The van der Waals surface area contributed by atoms with Gasteiger partial charge < -0.3 is 15.0 Å². The molecule has 22 heavy (non-hydrogen) atoms. The lowest BCUT2D eigenvalue weighted by atomic mass is 9.96. The van der Waals surface area contributed by atoms with Crippen molar-refractivity contribution >= 4 is 22.6 Å². The van der Waals surface area contributed by atoms with Gasteiger partial charge in [-0.05, 0) is 46.0 Å². The van der Waals surface area contributed by atoms with Crippen molar-refractivity contribution < 1.29 is 9.53 Å². The Kier molecular flexibility index (Phi) is 5.67. The third-order valence-corrected chi connectivity index (χ3v) is 4.72. The monoisotopic (exact) mass is 325 g/mol. The topological polar surface area (TPSA) is 54.5 Å². The van der Waals surface area contributed by atoms with E-state index in [1.54, 1.807) is 11.3 Å². The van der Waals surface area contributed by atoms with E-state index in [-0.39, 0.29) is 6.09 Å². The van der Waals surface area contributed by atoms with Crippen LogP contribution in [-0.4, -0.2) is 41.2 Å². The molecule has 1 aromatic rings. The third-order valence-electron chi connectivity index (χ3n) is 3.60. The summed E-state index contributed by atoms with van der Waals surface area (Å²) in [4.78, 5) is 19.6. The highest BCUT2D eigenvalue weighted by atomic mass is 32.1. The Hall–Kier alpha value is -1.30. The molecule has 0 unspecified atom stereocenters. The van der Waals surface area contributed by atoms with E-state index in [2.05, 4.69) is 17.2 Å². The molecule has 0 radical (unpaired) electrons. The highest BCUT2D eigenvalue weighted by Gasteiger charge is 2.28. The normalized spacial score (nSPS) is 16.6. The molecule has 0 aliphatic carbocycles. The zero-order valence-electron chi connectivity index (χ0n) is 14.0. The molecule has 1 aromatic heterocycles. The Morgan fingerprint density at radius 2 is 2.14 bits per heavy atom. The summed E-state index contributed by atoms with van der Waals surface area (Å²) in [5, 5.41) is 4.34. The molecule has 0 saturated carbocycles. The van der Waals surface area contributed by atoms with E-state index in [1.807, 2.05) is 31.9 Å². The zero-order valence-corrected chi connectivity index (χ0v) is 14.8. The van der Waals surface area contributed by atoms with E-state index in [1.165, 1.54) is 4.88 Å². The molecule has 5 nitrogen and oxygen atoms in total. The van der Waals surface area contributed by atoms with Crippen LogP contribution >= 0.6 is 11.3 Å². The van der Waals surface area contributed by atoms with Crippen LogP contribution in [-0.2, 0) is 4.74 Å². The van der Waals surface area contributed by atoms with Crippen molar-refractivity contribution in [3.8, 4) is 0 Å². The fraction of sp³-hybridized carbons (Fsp3) is 0.750. The first-order valence-corrected chi connectivity index (χ1v) is 8.88. The van der Waals surface area contributed by atoms with Crippen molar-refractivity contribution in [2.24, 2.45) is 0 Å². The molecule has 1 N–H and O–H groups in total. The van der Waals surface area contributed by atoms with Crippen LogP contribution in [0.25, 0.3) is 0 Å². The van der Waals surface area contributed by atoms with Crippen molar-refractivity contribution in [1.82, 2.24) is 9.88 Å². The quantitative estimate of drug-likeness (QED) is 0.906. The Labute approximate surface area is 137 Å². The van der Waals surface area contributed by atoms with Crippen LogP contribution in [0.15, 0.2) is 6.20 Å². The first-order valence-electron chi connectivity index (χ1n) is 8.06. The molecule has 1 fully saturated rings. The van der Waals surface area contributed by atoms with Gasteiger partial charge in [-0.3, -0.25) is 0 Å². The number of hydrogen-bond acceptors (Lipinski definition) is 5. The van der Waals surface area contributed by atoms with Gasteiger partial charge in [0.2, 0.25) is 0 Å². The van der Waals surface area contributed by atoms with E-state index in [0.717, 1.165) is 44.0 Å². The molecule has 0 atom stereocenters. The van der Waals surface area contributed by atoms with Crippen molar-refractivity contribution in [3.63, 3.8) is 0 Å². The number of hydrogen-bond donors (Lipinski definition) is 1. The number of carbonyl (C=O) groups is 1. The minimum Gasteiger partial charge on any atom is -0.444 e. The number of ether oxygens (including phenoxy) is 1. The Morgan fingerprint density at radius 1 is 1.45 bits per heavy atom. The van der Waals surface area contributed by atoms with Crippen molar-refractivity contribution in [3.05, 3.63) is 11.1 Å². The first kappa shape index (κ1) is 17.1. The lowest BCUT2D eigenvalue weighted by Gasteiger charge is -2.33. The highest BCUT2D eigenvalue weighted by Crippen LogP contribution is 2.33. The maximum absolute atomic E-state index is 12.1. The van der Waals surface area contributed by atoms with Crippen LogP contribution in [0.3, 0.4) is 0 Å². The number of nitrogens with one attached hydrogen (secondary N) is 1. The fourth-order valence-corrected chi connectivity index (χ4v) is 3.47. The third kappa shape index (κ3) is 4.87. The van der Waals surface area contributed by atoms with Gasteiger partial charge in [0.05, 0.1) is 0 Å². The number of rotatable bonds is 4. The van der Waals surface area contributed by atoms with Gasteiger partial charge in [-0.2, -0.15) is 0 Å². The standard InChI is InChI=1S/C16H27N3O2S/c1-5-8-17-14-18-11-13(22-14)12-6-9-19(10-7-12)15(20)21-16(2,3)4/h11-12H,5-10H2,1-4H3,(H,17,18). The fourth-order valence-electron chi connectivity index (χ4n) is 2.46. The van der Waals surface area contributed by atoms with Crippen LogP contribution in [0.5, 0.6) is 0 Å². The Balaban J connectivity index is 1.84. The lowest BCUT2D eigenvalue weighted by molar-refractivity contribution is 0.0205. The summed E-state index contributed by atoms with van der Waals surface area (Å²) in [6.45, 7) is 10.3. The van der Waals surface area contributed by atoms with Gasteiger partial charge in [0, 0.05) is 30.7 Å². The molecule has 0 aromatic carbocycles. The van der Waals surface area contributed by atoms with E-state index in [9.17, 15) is 4.79 Å². The summed E-state index contributed by atoms with van der Waals surface area (Å²) >= 11 is 1.74. The molecular weight excluding hydrogens is 298 g/mol. The maximum Gasteiger partial charge on any atom is 0.410 e. The highest BCUT2D eigenvalue weighted by molar-refractivity contribution is 7.15. The summed E-state index contributed by atoms with van der Waals surface area (Å²) in [6, 6.07) is 0. The Morgan fingerprint density at radius 3 is 2.73 bits per heavy atom. The SMILES string of the molecule is CCCNc1ncc(C2CCN(C(=O)OC(C)(C)C)CC2)s1. The number of piperidine rings is 1. The molecule has 2 rings (SSSR count). The second kappa shape index (κ2) is 7.31. The van der Waals surface area contributed by atoms with Gasteiger partial charge in [0.1, 0.15) is 5.60 Å². The molecule has 1 amide bonds. The molecule has 0 bridgehead atoms. The number of likely N-dealkylation sites (tertiary alicyclic amines) is 1. The second-order valence-corrected chi connectivity index (χ2v) is 7.80. The molecule has 1 aliphatic heterocycles. The zero-order chi connectivity index (χ0) is 16.2. The van der Waals surface area contributed by atoms with E-state index < -0.39 is 5.60 Å². The molecule has 0 spiro atoms. The molecule has 6 heteroatoms. The predicted molar refractivity (Wildman–Crippen MR) is 90.7 cm³/mol. The minimum absolute atomic E-state index is 0.194. The lowest BCUT2D eigenvalue weighted by Crippen LogP contribution is -2.41. The number of anilines is 1. The van der Waals surface area contributed by atoms with Crippen molar-refractivity contribution in [2.75, 3.05) is 25.0 Å². The smallest absolute Gasteiger partial charge is 0.410 e. The first-order chi connectivity index (χ1) is 10.4. The van der Waals surface area contributed by atoms with Crippen molar-refractivity contribution in [1.29, 1.82) is 0 Å². The number of carbonyl (C=O) groups excluding carboxylic acids is 1. The molecule has 124 valence electrons. The second-order valence-electron chi connectivity index (χ2n) is 6.74. The van der Waals surface area contributed by atoms with Crippen LogP contribution in [0.1, 0.15) is 57.8 Å². The van der Waals surface area contributed by atoms with E-state index in [4.69, 9.17) is 4.74 Å². The van der Waals surface area contributed by atoms with E-state index in [0.29, 0.717) is 5.92 Å². The predicted octanol–water partition coefficient (Wildman–Crippen LogP) is 4.08. The van der Waals surface area contributed by atoms with Gasteiger partial charge in [-0.25, -0.2) is 9.78 Å². The number of aromatic nitrogens is 1. The van der Waals surface area contributed by atoms with E-state index >= 15 is 0 Å². The Bertz CT molecular complexity index is 488. The van der Waals surface area contributed by atoms with Crippen LogP contribution in [0.2, 0.25) is 0 Å². The molecule has 1 saturated heterocycles. The number of amides is 1.